The van der Waals surface area contributed by atoms with Gasteiger partial charge in [-0.15, -0.1) is 0 Å². The van der Waals surface area contributed by atoms with Crippen molar-refractivity contribution in [2.45, 2.75) is 13.5 Å². The first-order valence-corrected chi connectivity index (χ1v) is 11.3. The minimum Gasteiger partial charge on any atom is -0.488 e. The Balaban J connectivity index is 1.45. The van der Waals surface area contributed by atoms with Crippen molar-refractivity contribution in [2.24, 2.45) is 0 Å². The molecule has 1 heterocycles. The quantitative estimate of drug-likeness (QED) is 0.463. The standard InChI is InChI=1S/C26H21FN2O4S/c1-17-10-12-20(13-11-17)28-24(30)15-29-25(31)23(34-26(29)32)14-18-6-3-5-9-22(18)33-16-19-7-2-4-8-21(19)27/h2-14H,15-16H2,1H3,(H,28,30)/b23-14+. The SMILES string of the molecule is Cc1ccc(NC(=O)CN2C(=O)S/C(=C/c3ccccc3OCc3ccccc3F)C2=O)cc1. The van der Waals surface area contributed by atoms with Gasteiger partial charge in [-0.1, -0.05) is 54.1 Å². The van der Waals surface area contributed by atoms with Crippen LogP contribution in [0.3, 0.4) is 0 Å². The summed E-state index contributed by atoms with van der Waals surface area (Å²) >= 11 is 0.755. The summed E-state index contributed by atoms with van der Waals surface area (Å²) in [6.07, 6.45) is 1.54. The van der Waals surface area contributed by atoms with E-state index in [-0.39, 0.29) is 23.9 Å². The number of thioether (sulfide) groups is 1. The van der Waals surface area contributed by atoms with Crippen molar-refractivity contribution in [3.8, 4) is 5.75 Å². The Morgan fingerprint density at radius 3 is 2.50 bits per heavy atom. The van der Waals surface area contributed by atoms with Crippen molar-refractivity contribution in [1.82, 2.24) is 4.90 Å². The van der Waals surface area contributed by atoms with Crippen LogP contribution in [0.1, 0.15) is 16.7 Å². The van der Waals surface area contributed by atoms with E-state index in [0.29, 0.717) is 22.6 Å². The van der Waals surface area contributed by atoms with Gasteiger partial charge in [0, 0.05) is 16.8 Å². The van der Waals surface area contributed by atoms with Crippen LogP contribution in [0, 0.1) is 12.7 Å². The van der Waals surface area contributed by atoms with Crippen LogP contribution in [0.25, 0.3) is 6.08 Å². The Hall–Kier alpha value is -3.91. The lowest BCUT2D eigenvalue weighted by Gasteiger charge is -2.12. The lowest BCUT2D eigenvalue weighted by molar-refractivity contribution is -0.127. The number of rotatable bonds is 7. The molecule has 0 spiro atoms. The van der Waals surface area contributed by atoms with E-state index in [9.17, 15) is 18.8 Å². The van der Waals surface area contributed by atoms with Gasteiger partial charge in [-0.3, -0.25) is 19.3 Å². The Kier molecular flexibility index (Phi) is 7.08. The third-order valence-electron chi connectivity index (χ3n) is 5.06. The fourth-order valence-electron chi connectivity index (χ4n) is 3.26. The van der Waals surface area contributed by atoms with Crippen molar-refractivity contribution in [3.63, 3.8) is 0 Å². The van der Waals surface area contributed by atoms with Gasteiger partial charge in [0.2, 0.25) is 5.91 Å². The van der Waals surface area contributed by atoms with E-state index in [4.69, 9.17) is 4.74 Å². The molecule has 8 heteroatoms. The van der Waals surface area contributed by atoms with Gasteiger partial charge in [-0.2, -0.15) is 0 Å². The third-order valence-corrected chi connectivity index (χ3v) is 5.96. The molecule has 0 bridgehead atoms. The van der Waals surface area contributed by atoms with E-state index in [1.165, 1.54) is 6.07 Å². The number of carbonyl (C=O) groups excluding carboxylic acids is 3. The summed E-state index contributed by atoms with van der Waals surface area (Å²) in [6, 6.07) is 20.5. The normalized spacial score (nSPS) is 14.5. The monoisotopic (exact) mass is 476 g/mol. The van der Waals surface area contributed by atoms with Crippen molar-refractivity contribution >= 4 is 40.6 Å². The van der Waals surface area contributed by atoms with Crippen LogP contribution in [0.4, 0.5) is 14.9 Å². The lowest BCUT2D eigenvalue weighted by Crippen LogP contribution is -2.36. The first kappa shape index (κ1) is 23.3. The second-order valence-electron chi connectivity index (χ2n) is 7.60. The number of ether oxygens (including phenoxy) is 1. The Labute approximate surface area is 200 Å². The minimum absolute atomic E-state index is 0.0121. The highest BCUT2D eigenvalue weighted by Crippen LogP contribution is 2.34. The van der Waals surface area contributed by atoms with Gasteiger partial charge in [0.25, 0.3) is 11.1 Å². The molecule has 1 fully saturated rings. The van der Waals surface area contributed by atoms with Crippen molar-refractivity contribution in [1.29, 1.82) is 0 Å². The van der Waals surface area contributed by atoms with E-state index in [1.54, 1.807) is 60.7 Å². The second-order valence-corrected chi connectivity index (χ2v) is 8.59. The van der Waals surface area contributed by atoms with E-state index >= 15 is 0 Å². The number of imide groups is 1. The largest absolute Gasteiger partial charge is 0.488 e. The third kappa shape index (κ3) is 5.52. The van der Waals surface area contributed by atoms with E-state index in [0.717, 1.165) is 22.2 Å². The molecule has 0 unspecified atom stereocenters. The number of aryl methyl sites for hydroxylation is 1. The minimum atomic E-state index is -0.557. The summed E-state index contributed by atoms with van der Waals surface area (Å²) in [5, 5.41) is 2.16. The van der Waals surface area contributed by atoms with Gasteiger partial charge in [0.1, 0.15) is 24.7 Å². The van der Waals surface area contributed by atoms with Gasteiger partial charge in [0.15, 0.2) is 0 Å². The molecule has 4 rings (SSSR count). The smallest absolute Gasteiger partial charge is 0.294 e. The topological polar surface area (TPSA) is 75.7 Å². The van der Waals surface area contributed by atoms with Crippen LogP contribution in [0.15, 0.2) is 77.7 Å². The Morgan fingerprint density at radius 1 is 1.03 bits per heavy atom. The molecule has 3 aromatic rings. The molecule has 3 aromatic carbocycles. The molecule has 0 radical (unpaired) electrons. The fourth-order valence-corrected chi connectivity index (χ4v) is 4.09. The Bertz CT molecular complexity index is 1270. The fraction of sp³-hybridized carbons (Fsp3) is 0.115. The number of para-hydroxylation sites is 1. The molecule has 172 valence electrons. The maximum absolute atomic E-state index is 13.9. The molecule has 0 aromatic heterocycles. The number of nitrogens with one attached hydrogen (secondary N) is 1. The highest BCUT2D eigenvalue weighted by atomic mass is 32.2. The summed E-state index contributed by atoms with van der Waals surface area (Å²) in [6.45, 7) is 1.56. The average molecular weight is 477 g/mol. The summed E-state index contributed by atoms with van der Waals surface area (Å²) in [4.78, 5) is 38.7. The molecule has 34 heavy (non-hydrogen) atoms. The average Bonchev–Trinajstić information content (AvgIpc) is 3.08. The highest BCUT2D eigenvalue weighted by Gasteiger charge is 2.36. The number of anilines is 1. The number of benzene rings is 3. The number of hydrogen-bond donors (Lipinski definition) is 1. The highest BCUT2D eigenvalue weighted by molar-refractivity contribution is 8.18. The molecule has 1 aliphatic rings. The number of nitrogens with zero attached hydrogens (tertiary/aromatic N) is 1. The molecule has 0 saturated carbocycles. The van der Waals surface area contributed by atoms with Gasteiger partial charge in [-0.25, -0.2) is 4.39 Å². The van der Waals surface area contributed by atoms with Gasteiger partial charge in [0.05, 0.1) is 4.91 Å². The van der Waals surface area contributed by atoms with E-state index in [2.05, 4.69) is 5.32 Å². The Morgan fingerprint density at radius 2 is 1.74 bits per heavy atom. The zero-order chi connectivity index (χ0) is 24.1. The van der Waals surface area contributed by atoms with Crippen LogP contribution in [-0.4, -0.2) is 28.5 Å². The second kappa shape index (κ2) is 10.4. The number of amides is 3. The molecule has 1 saturated heterocycles. The van der Waals surface area contributed by atoms with E-state index in [1.807, 2.05) is 19.1 Å². The molecular formula is C26H21FN2O4S. The summed E-state index contributed by atoms with van der Waals surface area (Å²) in [5.74, 6) is -0.960. The molecular weight excluding hydrogens is 455 g/mol. The van der Waals surface area contributed by atoms with Gasteiger partial charge < -0.3 is 10.1 Å². The number of carbonyl (C=O) groups is 3. The van der Waals surface area contributed by atoms with Crippen LogP contribution in [-0.2, 0) is 16.2 Å². The van der Waals surface area contributed by atoms with Crippen molar-refractivity contribution < 1.29 is 23.5 Å². The number of hydrogen-bond acceptors (Lipinski definition) is 5. The molecule has 6 nitrogen and oxygen atoms in total. The van der Waals surface area contributed by atoms with Crippen LogP contribution < -0.4 is 10.1 Å². The first-order valence-electron chi connectivity index (χ1n) is 10.5. The zero-order valence-electron chi connectivity index (χ0n) is 18.3. The number of halogens is 1. The molecule has 0 aliphatic carbocycles. The van der Waals surface area contributed by atoms with Crippen LogP contribution in [0.5, 0.6) is 5.75 Å². The molecule has 3 amide bonds. The summed E-state index contributed by atoms with van der Waals surface area (Å²) < 4.78 is 19.7. The molecule has 1 N–H and O–H groups in total. The maximum Gasteiger partial charge on any atom is 0.294 e. The first-order chi connectivity index (χ1) is 16.4. The maximum atomic E-state index is 13.9. The van der Waals surface area contributed by atoms with Gasteiger partial charge in [-0.05, 0) is 49.0 Å². The van der Waals surface area contributed by atoms with Crippen molar-refractivity contribution in [3.05, 3.63) is 100 Å². The van der Waals surface area contributed by atoms with Gasteiger partial charge >= 0.3 is 0 Å². The predicted octanol–water partition coefficient (Wildman–Crippen LogP) is 5.39. The predicted molar refractivity (Wildman–Crippen MR) is 130 cm³/mol. The molecule has 1 aliphatic heterocycles. The van der Waals surface area contributed by atoms with Crippen LogP contribution >= 0.6 is 11.8 Å². The van der Waals surface area contributed by atoms with Crippen LogP contribution in [0.2, 0.25) is 0 Å². The zero-order valence-corrected chi connectivity index (χ0v) is 19.1. The van der Waals surface area contributed by atoms with Crippen molar-refractivity contribution in [2.75, 3.05) is 11.9 Å². The molecule has 0 atom stereocenters. The lowest BCUT2D eigenvalue weighted by atomic mass is 10.1. The summed E-state index contributed by atoms with van der Waals surface area (Å²) in [5.41, 5.74) is 2.59. The summed E-state index contributed by atoms with van der Waals surface area (Å²) in [7, 11) is 0. The van der Waals surface area contributed by atoms with E-state index < -0.39 is 17.1 Å².